The Morgan fingerprint density at radius 2 is 1.62 bits per heavy atom. The zero-order valence-electron chi connectivity index (χ0n) is 20.2. The van der Waals surface area contributed by atoms with E-state index < -0.39 is 6.04 Å². The number of carbonyl (C=O) groups is 2. The van der Waals surface area contributed by atoms with Crippen LogP contribution in [0.25, 0.3) is 22.5 Å². The Labute approximate surface area is 213 Å². The molecule has 7 nitrogen and oxygen atoms in total. The Morgan fingerprint density at radius 3 is 2.30 bits per heavy atom. The lowest BCUT2D eigenvalue weighted by molar-refractivity contribution is -0.113. The van der Waals surface area contributed by atoms with Crippen molar-refractivity contribution in [2.75, 3.05) is 12.4 Å². The van der Waals surface area contributed by atoms with Gasteiger partial charge in [0.05, 0.1) is 25.0 Å². The summed E-state index contributed by atoms with van der Waals surface area (Å²) in [5.41, 5.74) is 4.72. The van der Waals surface area contributed by atoms with Gasteiger partial charge in [-0.15, -0.1) is 0 Å². The van der Waals surface area contributed by atoms with Crippen molar-refractivity contribution in [1.29, 1.82) is 0 Å². The first kappa shape index (κ1) is 23.9. The number of carbonyl (C=O) groups excluding carboxylic acids is 2. The lowest BCUT2D eigenvalue weighted by Crippen LogP contribution is -2.45. The summed E-state index contributed by atoms with van der Waals surface area (Å²) in [7, 11) is 1.57. The number of allylic oxidation sites excluding steroid dienone is 1. The predicted molar refractivity (Wildman–Crippen MR) is 138 cm³/mol. The molecule has 0 spiro atoms. The molecule has 0 saturated carbocycles. The Kier molecular flexibility index (Phi) is 6.47. The van der Waals surface area contributed by atoms with Crippen LogP contribution < -0.4 is 20.7 Å². The summed E-state index contributed by atoms with van der Waals surface area (Å²) in [6.45, 7) is 1.70. The van der Waals surface area contributed by atoms with Crippen molar-refractivity contribution in [1.82, 2.24) is 10.6 Å². The second kappa shape index (κ2) is 10.0. The van der Waals surface area contributed by atoms with Gasteiger partial charge in [-0.3, -0.25) is 4.79 Å². The third kappa shape index (κ3) is 5.08. The summed E-state index contributed by atoms with van der Waals surface area (Å²) in [5, 5.41) is 8.41. The summed E-state index contributed by atoms with van der Waals surface area (Å²) in [4.78, 5) is 25.5. The predicted octanol–water partition coefficient (Wildman–Crippen LogP) is 6.03. The molecule has 3 N–H and O–H groups in total. The molecule has 37 heavy (non-hydrogen) atoms. The van der Waals surface area contributed by atoms with Crippen LogP contribution in [0.4, 0.5) is 14.9 Å². The summed E-state index contributed by atoms with van der Waals surface area (Å²) >= 11 is 0. The van der Waals surface area contributed by atoms with Crippen LogP contribution in [0.5, 0.6) is 5.75 Å². The van der Waals surface area contributed by atoms with Gasteiger partial charge in [0.15, 0.2) is 0 Å². The normalized spacial score (nSPS) is 15.1. The molecule has 1 atom stereocenters. The monoisotopic (exact) mass is 497 g/mol. The molecule has 3 amide bonds. The van der Waals surface area contributed by atoms with E-state index in [9.17, 15) is 14.0 Å². The molecule has 0 fully saturated rings. The van der Waals surface area contributed by atoms with Crippen LogP contribution in [-0.4, -0.2) is 19.0 Å². The quantitative estimate of drug-likeness (QED) is 0.303. The van der Waals surface area contributed by atoms with Gasteiger partial charge < -0.3 is 25.1 Å². The molecule has 186 valence electrons. The van der Waals surface area contributed by atoms with E-state index in [1.807, 2.05) is 30.3 Å². The van der Waals surface area contributed by atoms with Crippen molar-refractivity contribution >= 4 is 17.6 Å². The van der Waals surface area contributed by atoms with Crippen LogP contribution in [-0.2, 0) is 4.79 Å². The number of furan rings is 1. The molecule has 0 unspecified atom stereocenters. The van der Waals surface area contributed by atoms with Crippen LogP contribution in [0.3, 0.4) is 0 Å². The number of hydrogen-bond donors (Lipinski definition) is 3. The molecule has 8 heteroatoms. The Hall–Kier alpha value is -4.85. The number of amides is 3. The average Bonchev–Trinajstić information content (AvgIpc) is 3.39. The van der Waals surface area contributed by atoms with Crippen LogP contribution in [0, 0.1) is 5.82 Å². The minimum atomic E-state index is -0.646. The summed E-state index contributed by atoms with van der Waals surface area (Å²) < 4.78 is 24.1. The highest BCUT2D eigenvalue weighted by atomic mass is 19.1. The van der Waals surface area contributed by atoms with Gasteiger partial charge in [-0.1, -0.05) is 36.4 Å². The van der Waals surface area contributed by atoms with E-state index >= 15 is 0 Å². The third-order valence-corrected chi connectivity index (χ3v) is 6.17. The van der Waals surface area contributed by atoms with E-state index in [2.05, 4.69) is 16.0 Å². The molecule has 5 rings (SSSR count). The van der Waals surface area contributed by atoms with Crippen molar-refractivity contribution in [2.24, 2.45) is 0 Å². The van der Waals surface area contributed by atoms with E-state index in [0.29, 0.717) is 28.5 Å². The number of urea groups is 1. The smallest absolute Gasteiger partial charge is 0.319 e. The fourth-order valence-corrected chi connectivity index (χ4v) is 4.24. The van der Waals surface area contributed by atoms with E-state index in [-0.39, 0.29) is 17.8 Å². The molecule has 2 heterocycles. The Balaban J connectivity index is 1.38. The fourth-order valence-electron chi connectivity index (χ4n) is 4.24. The lowest BCUT2D eigenvalue weighted by atomic mass is 9.93. The minimum Gasteiger partial charge on any atom is -0.497 e. The summed E-state index contributed by atoms with van der Waals surface area (Å²) in [6.07, 6.45) is 1.62. The first-order chi connectivity index (χ1) is 17.9. The van der Waals surface area contributed by atoms with Gasteiger partial charge in [0.1, 0.15) is 17.3 Å². The zero-order valence-corrected chi connectivity index (χ0v) is 20.2. The maximum atomic E-state index is 13.2. The average molecular weight is 498 g/mol. The molecular weight excluding hydrogens is 473 g/mol. The molecule has 4 aromatic rings. The topological polar surface area (TPSA) is 92.6 Å². The van der Waals surface area contributed by atoms with Gasteiger partial charge in [0.2, 0.25) is 0 Å². The number of benzene rings is 3. The van der Waals surface area contributed by atoms with Crippen molar-refractivity contribution < 1.29 is 23.1 Å². The van der Waals surface area contributed by atoms with Gasteiger partial charge in [0.25, 0.3) is 5.91 Å². The highest BCUT2D eigenvalue weighted by Crippen LogP contribution is 2.32. The van der Waals surface area contributed by atoms with E-state index in [1.165, 1.54) is 12.1 Å². The molecule has 0 aliphatic carbocycles. The molecule has 0 radical (unpaired) electrons. The number of ether oxygens (including phenoxy) is 1. The van der Waals surface area contributed by atoms with E-state index in [0.717, 1.165) is 22.3 Å². The first-order valence-corrected chi connectivity index (χ1v) is 11.6. The molecule has 0 bridgehead atoms. The molecule has 1 aliphatic rings. The van der Waals surface area contributed by atoms with Crippen LogP contribution in [0.2, 0.25) is 0 Å². The minimum absolute atomic E-state index is 0.297. The number of halogens is 1. The Bertz CT molecular complexity index is 1470. The lowest BCUT2D eigenvalue weighted by Gasteiger charge is -2.28. The molecular formula is C29H24FN3O4. The zero-order chi connectivity index (χ0) is 25.9. The molecule has 1 aromatic heterocycles. The van der Waals surface area contributed by atoms with Crippen LogP contribution >= 0.6 is 0 Å². The number of anilines is 1. The molecule has 0 saturated heterocycles. The maximum absolute atomic E-state index is 13.2. The number of rotatable bonds is 6. The van der Waals surface area contributed by atoms with Gasteiger partial charge >= 0.3 is 6.03 Å². The van der Waals surface area contributed by atoms with E-state index in [1.54, 1.807) is 56.7 Å². The van der Waals surface area contributed by atoms with Gasteiger partial charge in [0, 0.05) is 22.5 Å². The Morgan fingerprint density at radius 1 is 0.946 bits per heavy atom. The van der Waals surface area contributed by atoms with Crippen LogP contribution in [0.1, 0.15) is 18.5 Å². The van der Waals surface area contributed by atoms with Gasteiger partial charge in [-0.05, 0) is 60.5 Å². The fraction of sp³-hybridized carbons (Fsp3) is 0.103. The number of methoxy groups -OCH3 is 1. The summed E-state index contributed by atoms with van der Waals surface area (Å²) in [6, 6.07) is 21.5. The summed E-state index contributed by atoms with van der Waals surface area (Å²) in [5.74, 6) is 0.692. The second-order valence-electron chi connectivity index (χ2n) is 8.58. The second-order valence-corrected chi connectivity index (χ2v) is 8.58. The van der Waals surface area contributed by atoms with Crippen LogP contribution in [0.15, 0.2) is 101 Å². The van der Waals surface area contributed by atoms with Crippen molar-refractivity contribution in [3.63, 3.8) is 0 Å². The van der Waals surface area contributed by atoms with Crippen molar-refractivity contribution in [3.05, 3.63) is 108 Å². The van der Waals surface area contributed by atoms with E-state index in [4.69, 9.17) is 9.15 Å². The highest BCUT2D eigenvalue weighted by molar-refractivity contribution is 6.06. The number of nitrogens with one attached hydrogen (secondary N) is 3. The van der Waals surface area contributed by atoms with Crippen molar-refractivity contribution in [2.45, 2.75) is 13.0 Å². The highest BCUT2D eigenvalue weighted by Gasteiger charge is 2.31. The first-order valence-electron chi connectivity index (χ1n) is 11.6. The molecule has 1 aliphatic heterocycles. The standard InChI is InChI=1S/C29H24FN3O4/c1-17-26(28(34)32-23-11-13-24(36-2)14-12-23)27(33-29(35)31-17)20-5-3-19(4-6-20)25-15-21(16-37-25)18-7-9-22(30)10-8-18/h3-16,27H,1-2H3,(H,32,34)(H2,31,33,35)/t27-/m1/s1. The number of hydrogen-bond acceptors (Lipinski definition) is 4. The van der Waals surface area contributed by atoms with Gasteiger partial charge in [-0.25, -0.2) is 9.18 Å². The SMILES string of the molecule is COc1ccc(NC(=O)C2=C(C)NC(=O)N[C@@H]2c2ccc(-c3cc(-c4ccc(F)cc4)co3)cc2)cc1. The van der Waals surface area contributed by atoms with Crippen molar-refractivity contribution in [3.8, 4) is 28.2 Å². The van der Waals surface area contributed by atoms with Gasteiger partial charge in [-0.2, -0.15) is 0 Å². The maximum Gasteiger partial charge on any atom is 0.319 e. The third-order valence-electron chi connectivity index (χ3n) is 6.17. The largest absolute Gasteiger partial charge is 0.497 e. The molecule has 3 aromatic carbocycles.